The minimum Gasteiger partial charge on any atom is -0.330 e. The molecule has 0 spiro atoms. The minimum atomic E-state index is 0.719. The molecule has 2 heteroatoms. The Morgan fingerprint density at radius 3 is 2.89 bits per heavy atom. The Morgan fingerprint density at radius 2 is 2.11 bits per heavy atom. The monoisotopic (exact) mass is 244 g/mol. The van der Waals surface area contributed by atoms with E-state index in [-0.39, 0.29) is 0 Å². The van der Waals surface area contributed by atoms with Crippen molar-refractivity contribution in [3.8, 4) is 0 Å². The molecule has 1 aromatic rings. The number of rotatable bonds is 5. The minimum absolute atomic E-state index is 0.719. The van der Waals surface area contributed by atoms with Crippen molar-refractivity contribution in [1.29, 1.82) is 0 Å². The van der Waals surface area contributed by atoms with Gasteiger partial charge in [-0.1, -0.05) is 42.5 Å². The fourth-order valence-electron chi connectivity index (χ4n) is 2.59. The van der Waals surface area contributed by atoms with Gasteiger partial charge in [0, 0.05) is 13.1 Å². The molecule has 0 saturated carbocycles. The van der Waals surface area contributed by atoms with Crippen molar-refractivity contribution in [2.24, 2.45) is 11.7 Å². The number of benzene rings is 1. The zero-order chi connectivity index (χ0) is 12.6. The van der Waals surface area contributed by atoms with Crippen LogP contribution in [0.3, 0.4) is 0 Å². The third kappa shape index (κ3) is 4.28. The van der Waals surface area contributed by atoms with Crippen LogP contribution in [0, 0.1) is 5.92 Å². The van der Waals surface area contributed by atoms with Crippen LogP contribution in [0.4, 0.5) is 0 Å². The predicted molar refractivity (Wildman–Crippen MR) is 78.3 cm³/mol. The second-order valence-corrected chi connectivity index (χ2v) is 5.15. The van der Waals surface area contributed by atoms with Gasteiger partial charge in [0.15, 0.2) is 0 Å². The second kappa shape index (κ2) is 7.34. The van der Waals surface area contributed by atoms with Gasteiger partial charge >= 0.3 is 0 Å². The van der Waals surface area contributed by atoms with E-state index in [4.69, 9.17) is 5.73 Å². The van der Waals surface area contributed by atoms with E-state index in [1.807, 2.05) is 0 Å². The molecule has 1 saturated heterocycles. The zero-order valence-electron chi connectivity index (χ0n) is 11.1. The van der Waals surface area contributed by atoms with Crippen LogP contribution in [0.1, 0.15) is 24.8 Å². The van der Waals surface area contributed by atoms with Gasteiger partial charge in [0.1, 0.15) is 0 Å². The molecule has 1 aromatic carbocycles. The first kappa shape index (κ1) is 13.3. The maximum absolute atomic E-state index is 5.76. The van der Waals surface area contributed by atoms with Crippen LogP contribution < -0.4 is 5.73 Å². The number of nitrogens with two attached hydrogens (primary N) is 1. The van der Waals surface area contributed by atoms with Gasteiger partial charge < -0.3 is 10.6 Å². The number of piperidine rings is 1. The Hall–Kier alpha value is -1.12. The highest BCUT2D eigenvalue weighted by Gasteiger charge is 2.17. The fraction of sp³-hybridized carbons (Fsp3) is 0.500. The van der Waals surface area contributed by atoms with Gasteiger partial charge in [0.2, 0.25) is 0 Å². The molecule has 2 nitrogen and oxygen atoms in total. The van der Waals surface area contributed by atoms with E-state index in [1.165, 1.54) is 38.0 Å². The van der Waals surface area contributed by atoms with Crippen molar-refractivity contribution in [3.63, 3.8) is 0 Å². The van der Waals surface area contributed by atoms with Crippen molar-refractivity contribution in [2.45, 2.75) is 19.3 Å². The van der Waals surface area contributed by atoms with Gasteiger partial charge in [0.05, 0.1) is 0 Å². The summed E-state index contributed by atoms with van der Waals surface area (Å²) >= 11 is 0. The van der Waals surface area contributed by atoms with Gasteiger partial charge in [-0.3, -0.25) is 0 Å². The molecule has 1 aliphatic rings. The summed E-state index contributed by atoms with van der Waals surface area (Å²) in [5, 5.41) is 0. The molecule has 1 heterocycles. The van der Waals surface area contributed by atoms with Crippen molar-refractivity contribution >= 4 is 6.08 Å². The summed E-state index contributed by atoms with van der Waals surface area (Å²) in [6, 6.07) is 10.5. The molecule has 0 aromatic heterocycles. The summed E-state index contributed by atoms with van der Waals surface area (Å²) in [5.41, 5.74) is 7.04. The average molecular weight is 244 g/mol. The first-order valence-corrected chi connectivity index (χ1v) is 7.02. The van der Waals surface area contributed by atoms with E-state index < -0.39 is 0 Å². The quantitative estimate of drug-likeness (QED) is 0.863. The normalized spacial score (nSPS) is 21.5. The van der Waals surface area contributed by atoms with E-state index in [2.05, 4.69) is 47.4 Å². The summed E-state index contributed by atoms with van der Waals surface area (Å²) in [7, 11) is 0. The summed E-state index contributed by atoms with van der Waals surface area (Å²) in [4.78, 5) is 2.55. The van der Waals surface area contributed by atoms with Crippen LogP contribution in [0.25, 0.3) is 6.08 Å². The third-order valence-electron chi connectivity index (χ3n) is 3.66. The average Bonchev–Trinajstić information content (AvgIpc) is 2.45. The predicted octanol–water partition coefficient (Wildman–Crippen LogP) is 2.76. The Kier molecular flexibility index (Phi) is 5.43. The van der Waals surface area contributed by atoms with Crippen molar-refractivity contribution < 1.29 is 0 Å². The molecule has 2 N–H and O–H groups in total. The SMILES string of the molecule is NCC1CCCN(CCC=Cc2ccccc2)C1. The lowest BCUT2D eigenvalue weighted by atomic mass is 9.98. The van der Waals surface area contributed by atoms with Gasteiger partial charge in [-0.2, -0.15) is 0 Å². The maximum atomic E-state index is 5.76. The van der Waals surface area contributed by atoms with Gasteiger partial charge in [0.25, 0.3) is 0 Å². The third-order valence-corrected chi connectivity index (χ3v) is 3.66. The smallest absolute Gasteiger partial charge is 0.00218 e. The van der Waals surface area contributed by atoms with E-state index in [0.29, 0.717) is 0 Å². The molecule has 18 heavy (non-hydrogen) atoms. The Balaban J connectivity index is 1.70. The first-order chi connectivity index (χ1) is 8.88. The molecule has 0 aliphatic carbocycles. The zero-order valence-corrected chi connectivity index (χ0v) is 11.1. The number of likely N-dealkylation sites (tertiary alicyclic amines) is 1. The molecular formula is C16H24N2. The van der Waals surface area contributed by atoms with Crippen LogP contribution >= 0.6 is 0 Å². The van der Waals surface area contributed by atoms with E-state index >= 15 is 0 Å². The Bertz CT molecular complexity index is 359. The molecule has 0 amide bonds. The second-order valence-electron chi connectivity index (χ2n) is 5.15. The van der Waals surface area contributed by atoms with Crippen LogP contribution in [-0.2, 0) is 0 Å². The molecule has 1 unspecified atom stereocenters. The molecule has 1 atom stereocenters. The van der Waals surface area contributed by atoms with Crippen LogP contribution in [0.5, 0.6) is 0 Å². The molecule has 1 fully saturated rings. The Morgan fingerprint density at radius 1 is 1.28 bits per heavy atom. The number of hydrogen-bond acceptors (Lipinski definition) is 2. The summed E-state index contributed by atoms with van der Waals surface area (Å²) in [5.74, 6) is 0.719. The molecule has 0 radical (unpaired) electrons. The lowest BCUT2D eigenvalue weighted by Gasteiger charge is -2.31. The number of hydrogen-bond donors (Lipinski definition) is 1. The summed E-state index contributed by atoms with van der Waals surface area (Å²) < 4.78 is 0. The first-order valence-electron chi connectivity index (χ1n) is 7.02. The number of nitrogens with zero attached hydrogens (tertiary/aromatic N) is 1. The highest BCUT2D eigenvalue weighted by Crippen LogP contribution is 2.15. The molecular weight excluding hydrogens is 220 g/mol. The Labute approximate surface area is 110 Å². The maximum Gasteiger partial charge on any atom is 0.00218 e. The topological polar surface area (TPSA) is 29.3 Å². The summed E-state index contributed by atoms with van der Waals surface area (Å²) in [6.45, 7) is 4.45. The van der Waals surface area contributed by atoms with E-state index in [0.717, 1.165) is 18.9 Å². The molecule has 1 aliphatic heterocycles. The largest absolute Gasteiger partial charge is 0.330 e. The molecule has 98 valence electrons. The van der Waals surface area contributed by atoms with Crippen molar-refractivity contribution in [2.75, 3.05) is 26.2 Å². The fourth-order valence-corrected chi connectivity index (χ4v) is 2.59. The van der Waals surface area contributed by atoms with Crippen LogP contribution in [0.2, 0.25) is 0 Å². The van der Waals surface area contributed by atoms with E-state index in [9.17, 15) is 0 Å². The van der Waals surface area contributed by atoms with Gasteiger partial charge in [-0.25, -0.2) is 0 Å². The molecule has 0 bridgehead atoms. The highest BCUT2D eigenvalue weighted by atomic mass is 15.1. The lowest BCUT2D eigenvalue weighted by molar-refractivity contribution is 0.181. The lowest BCUT2D eigenvalue weighted by Crippen LogP contribution is -2.38. The van der Waals surface area contributed by atoms with Gasteiger partial charge in [-0.05, 0) is 43.8 Å². The van der Waals surface area contributed by atoms with E-state index in [1.54, 1.807) is 0 Å². The standard InChI is InChI=1S/C16H24N2/c17-13-16-10-6-12-18(14-16)11-5-4-9-15-7-2-1-3-8-15/h1-4,7-9,16H,5-6,10-14,17H2. The van der Waals surface area contributed by atoms with Crippen molar-refractivity contribution in [3.05, 3.63) is 42.0 Å². The summed E-state index contributed by atoms with van der Waals surface area (Å²) in [6.07, 6.45) is 8.25. The van der Waals surface area contributed by atoms with Crippen LogP contribution in [0.15, 0.2) is 36.4 Å². The van der Waals surface area contributed by atoms with Crippen LogP contribution in [-0.4, -0.2) is 31.1 Å². The highest BCUT2D eigenvalue weighted by molar-refractivity contribution is 5.48. The van der Waals surface area contributed by atoms with Gasteiger partial charge in [-0.15, -0.1) is 0 Å². The molecule has 2 rings (SSSR count). The van der Waals surface area contributed by atoms with Crippen molar-refractivity contribution in [1.82, 2.24) is 4.90 Å².